The van der Waals surface area contributed by atoms with Gasteiger partial charge in [0.2, 0.25) is 0 Å². The van der Waals surface area contributed by atoms with Gasteiger partial charge in [-0.25, -0.2) is 4.98 Å². The van der Waals surface area contributed by atoms with Gasteiger partial charge in [0, 0.05) is 17.3 Å². The van der Waals surface area contributed by atoms with Crippen LogP contribution in [0.25, 0.3) is 0 Å². The Kier molecular flexibility index (Phi) is 3.45. The number of aromatic nitrogens is 3. The molecule has 2 N–H and O–H groups in total. The van der Waals surface area contributed by atoms with Crippen LogP contribution in [0.15, 0.2) is 4.21 Å². The maximum atomic E-state index is 5.89. The lowest BCUT2D eigenvalue weighted by Crippen LogP contribution is -1.82. The third-order valence-electron chi connectivity index (χ3n) is 1.62. The van der Waals surface area contributed by atoms with Crippen LogP contribution in [0.5, 0.6) is 0 Å². The average molecular weight is 279 g/mol. The largest absolute Gasteiger partial charge is 0.375 e. The minimum absolute atomic E-state index is 0.595. The molecule has 0 unspecified atom stereocenters. The molecule has 0 aliphatic heterocycles. The zero-order valence-corrected chi connectivity index (χ0v) is 10.9. The van der Waals surface area contributed by atoms with Crippen molar-refractivity contribution < 1.29 is 0 Å². The van der Waals surface area contributed by atoms with Crippen LogP contribution in [-0.4, -0.2) is 14.6 Å². The first-order valence-electron chi connectivity index (χ1n) is 3.99. The average Bonchev–Trinajstić information content (AvgIpc) is 2.70. The third-order valence-corrected chi connectivity index (χ3v) is 4.96. The van der Waals surface area contributed by atoms with Crippen LogP contribution in [0.3, 0.4) is 0 Å². The van der Waals surface area contributed by atoms with Crippen LogP contribution in [0, 0.1) is 6.92 Å². The van der Waals surface area contributed by atoms with E-state index in [-0.39, 0.29) is 0 Å². The Morgan fingerprint density at radius 3 is 2.87 bits per heavy atom. The minimum Gasteiger partial charge on any atom is -0.375 e. The Hall–Kier alpha value is -0.370. The van der Waals surface area contributed by atoms with Gasteiger partial charge >= 0.3 is 0 Å². The number of thiazole rings is 1. The van der Waals surface area contributed by atoms with Crippen molar-refractivity contribution in [3.8, 4) is 0 Å². The summed E-state index contributed by atoms with van der Waals surface area (Å²) in [4.78, 5) is 4.14. The number of halogens is 1. The second-order valence-electron chi connectivity index (χ2n) is 2.71. The van der Waals surface area contributed by atoms with E-state index in [0.717, 1.165) is 15.6 Å². The number of anilines is 1. The molecule has 2 heterocycles. The molecular formula is C7H7ClN4S3. The molecule has 0 aliphatic rings. The van der Waals surface area contributed by atoms with Crippen LogP contribution >= 0.6 is 46.2 Å². The number of nitrogen functional groups attached to an aromatic ring is 1. The number of hydrogen-bond acceptors (Lipinski definition) is 7. The Morgan fingerprint density at radius 1 is 1.53 bits per heavy atom. The van der Waals surface area contributed by atoms with Crippen molar-refractivity contribution in [1.29, 1.82) is 0 Å². The van der Waals surface area contributed by atoms with Gasteiger partial charge in [-0.2, -0.15) is 0 Å². The van der Waals surface area contributed by atoms with E-state index in [1.54, 1.807) is 11.8 Å². The summed E-state index contributed by atoms with van der Waals surface area (Å²) >= 11 is 10.2. The SMILES string of the molecule is Cc1nc(N)sc1SCc1nnsc1Cl. The Morgan fingerprint density at radius 2 is 2.33 bits per heavy atom. The topological polar surface area (TPSA) is 64.7 Å². The summed E-state index contributed by atoms with van der Waals surface area (Å²) in [6, 6.07) is 0. The lowest BCUT2D eigenvalue weighted by Gasteiger charge is -1.95. The molecular weight excluding hydrogens is 272 g/mol. The molecule has 2 rings (SSSR count). The summed E-state index contributed by atoms with van der Waals surface area (Å²) in [7, 11) is 0. The molecule has 0 radical (unpaired) electrons. The van der Waals surface area contributed by atoms with Gasteiger partial charge in [-0.1, -0.05) is 27.4 Å². The van der Waals surface area contributed by atoms with Crippen molar-refractivity contribution in [2.24, 2.45) is 0 Å². The molecule has 0 spiro atoms. The smallest absolute Gasteiger partial charge is 0.181 e. The molecule has 80 valence electrons. The summed E-state index contributed by atoms with van der Waals surface area (Å²) in [5.74, 6) is 0.706. The number of rotatable bonds is 3. The zero-order chi connectivity index (χ0) is 10.8. The quantitative estimate of drug-likeness (QED) is 0.875. The highest BCUT2D eigenvalue weighted by Crippen LogP contribution is 2.34. The molecule has 0 saturated heterocycles. The lowest BCUT2D eigenvalue weighted by atomic mass is 10.6. The zero-order valence-electron chi connectivity index (χ0n) is 7.73. The molecule has 0 amide bonds. The Bertz CT molecular complexity index is 467. The van der Waals surface area contributed by atoms with Crippen molar-refractivity contribution in [2.45, 2.75) is 16.9 Å². The van der Waals surface area contributed by atoms with Crippen molar-refractivity contribution >= 4 is 51.4 Å². The molecule has 8 heteroatoms. The Labute approximate surface area is 104 Å². The molecule has 15 heavy (non-hydrogen) atoms. The van der Waals surface area contributed by atoms with Crippen LogP contribution < -0.4 is 5.73 Å². The van der Waals surface area contributed by atoms with Crippen molar-refractivity contribution in [3.63, 3.8) is 0 Å². The molecule has 2 aromatic heterocycles. The van der Waals surface area contributed by atoms with Gasteiger partial charge in [-0.05, 0) is 6.92 Å². The van der Waals surface area contributed by atoms with Gasteiger partial charge in [0.25, 0.3) is 0 Å². The van der Waals surface area contributed by atoms with Crippen LogP contribution in [0.4, 0.5) is 5.13 Å². The highest BCUT2D eigenvalue weighted by atomic mass is 35.5. The van der Waals surface area contributed by atoms with Gasteiger partial charge < -0.3 is 5.73 Å². The van der Waals surface area contributed by atoms with Gasteiger partial charge in [-0.15, -0.1) is 16.9 Å². The molecule has 4 nitrogen and oxygen atoms in total. The molecule has 0 saturated carbocycles. The maximum absolute atomic E-state index is 5.89. The van der Waals surface area contributed by atoms with Crippen molar-refractivity contribution in [1.82, 2.24) is 14.6 Å². The number of thioether (sulfide) groups is 1. The fourth-order valence-corrected chi connectivity index (χ4v) is 3.71. The summed E-state index contributed by atoms with van der Waals surface area (Å²) in [5, 5.41) is 4.53. The van der Waals surface area contributed by atoms with E-state index in [0.29, 0.717) is 15.2 Å². The van der Waals surface area contributed by atoms with Crippen molar-refractivity contribution in [2.75, 3.05) is 5.73 Å². The van der Waals surface area contributed by atoms with Gasteiger partial charge in [-0.3, -0.25) is 0 Å². The van der Waals surface area contributed by atoms with Crippen LogP contribution in [0.2, 0.25) is 4.34 Å². The predicted molar refractivity (Wildman–Crippen MR) is 65.7 cm³/mol. The first-order valence-corrected chi connectivity index (χ1v) is 6.94. The summed E-state index contributed by atoms with van der Waals surface area (Å²) in [6.45, 7) is 1.94. The fourth-order valence-electron chi connectivity index (χ4n) is 0.954. The van der Waals surface area contributed by atoms with Gasteiger partial charge in [0.1, 0.15) is 10.0 Å². The molecule has 0 fully saturated rings. The first-order chi connectivity index (χ1) is 7.16. The highest BCUT2D eigenvalue weighted by Gasteiger charge is 2.10. The normalized spacial score (nSPS) is 10.8. The second kappa shape index (κ2) is 4.65. The van der Waals surface area contributed by atoms with Gasteiger partial charge in [0.15, 0.2) is 5.13 Å². The number of hydrogen-bond donors (Lipinski definition) is 1. The summed E-state index contributed by atoms with van der Waals surface area (Å²) in [5.41, 5.74) is 7.38. The summed E-state index contributed by atoms with van der Waals surface area (Å²) in [6.07, 6.45) is 0. The third kappa shape index (κ3) is 2.60. The molecule has 0 aliphatic carbocycles. The second-order valence-corrected chi connectivity index (χ2v) is 6.34. The monoisotopic (exact) mass is 278 g/mol. The molecule has 0 aromatic carbocycles. The lowest BCUT2D eigenvalue weighted by molar-refractivity contribution is 1.07. The number of aryl methyl sites for hydroxylation is 1. The number of nitrogens with zero attached hydrogens (tertiary/aromatic N) is 3. The first kappa shape index (κ1) is 11.1. The Balaban J connectivity index is 2.05. The minimum atomic E-state index is 0.595. The van der Waals surface area contributed by atoms with E-state index < -0.39 is 0 Å². The van der Waals surface area contributed by atoms with Crippen LogP contribution in [0.1, 0.15) is 11.4 Å². The highest BCUT2D eigenvalue weighted by molar-refractivity contribution is 8.00. The standard InChI is InChI=1S/C7H7ClN4S3/c1-3-6(14-7(9)10-3)13-2-4-5(8)15-12-11-4/h2H2,1H3,(H2,9,10). The van der Waals surface area contributed by atoms with E-state index in [2.05, 4.69) is 14.6 Å². The van der Waals surface area contributed by atoms with E-state index >= 15 is 0 Å². The van der Waals surface area contributed by atoms with Gasteiger partial charge in [0.05, 0.1) is 9.90 Å². The molecule has 0 bridgehead atoms. The van der Waals surface area contributed by atoms with E-state index in [1.807, 2.05) is 6.92 Å². The van der Waals surface area contributed by atoms with E-state index in [9.17, 15) is 0 Å². The fraction of sp³-hybridized carbons (Fsp3) is 0.286. The predicted octanol–water partition coefficient (Wildman–Crippen LogP) is 2.83. The number of nitrogens with two attached hydrogens (primary N) is 1. The van der Waals surface area contributed by atoms with E-state index in [4.69, 9.17) is 17.3 Å². The van der Waals surface area contributed by atoms with Crippen molar-refractivity contribution in [3.05, 3.63) is 15.7 Å². The maximum Gasteiger partial charge on any atom is 0.181 e. The molecule has 0 atom stereocenters. The van der Waals surface area contributed by atoms with E-state index in [1.165, 1.54) is 22.9 Å². The van der Waals surface area contributed by atoms with Crippen LogP contribution in [-0.2, 0) is 5.75 Å². The summed E-state index contributed by atoms with van der Waals surface area (Å²) < 4.78 is 5.53. The molecule has 2 aromatic rings.